The van der Waals surface area contributed by atoms with E-state index >= 15 is 0 Å². The first-order valence-corrected chi connectivity index (χ1v) is 7.01. The second kappa shape index (κ2) is 3.61. The lowest BCUT2D eigenvalue weighted by Gasteiger charge is -2.13. The van der Waals surface area contributed by atoms with Crippen LogP contribution in [0.5, 0.6) is 0 Å². The van der Waals surface area contributed by atoms with E-state index in [1.807, 2.05) is 12.3 Å². The highest BCUT2D eigenvalue weighted by Crippen LogP contribution is 2.37. The van der Waals surface area contributed by atoms with Crippen molar-refractivity contribution in [1.82, 2.24) is 4.98 Å². The molecular formula is C19H11NO. The largest absolute Gasteiger partial charge is 0.361 e. The highest BCUT2D eigenvalue weighted by atomic mass is 16.1. The Balaban J connectivity index is 2.36. The highest BCUT2D eigenvalue weighted by Gasteiger charge is 2.14. The number of aromatic amines is 1. The van der Waals surface area contributed by atoms with Gasteiger partial charge in [0.2, 0.25) is 0 Å². The number of pyridine rings is 1. The number of aromatic nitrogens is 1. The minimum Gasteiger partial charge on any atom is -0.361 e. The predicted molar refractivity (Wildman–Crippen MR) is 88.3 cm³/mol. The molecule has 1 N–H and O–H groups in total. The van der Waals surface area contributed by atoms with E-state index in [-0.39, 0.29) is 5.43 Å². The van der Waals surface area contributed by atoms with Crippen molar-refractivity contribution in [2.24, 2.45) is 0 Å². The topological polar surface area (TPSA) is 32.9 Å². The van der Waals surface area contributed by atoms with Crippen molar-refractivity contribution < 1.29 is 0 Å². The Labute approximate surface area is 120 Å². The molecule has 0 saturated carbocycles. The summed E-state index contributed by atoms with van der Waals surface area (Å²) in [4.78, 5) is 15.8. The Kier molecular flexibility index (Phi) is 1.87. The summed E-state index contributed by atoms with van der Waals surface area (Å²) in [5.41, 5.74) is 1.02. The van der Waals surface area contributed by atoms with E-state index in [9.17, 15) is 4.79 Å². The molecule has 0 aliphatic heterocycles. The fourth-order valence-electron chi connectivity index (χ4n) is 3.53. The molecule has 5 aromatic rings. The number of H-pyrrole nitrogens is 1. The van der Waals surface area contributed by atoms with Crippen LogP contribution in [-0.2, 0) is 0 Å². The maximum Gasteiger partial charge on any atom is 0.188 e. The molecule has 0 saturated heterocycles. The van der Waals surface area contributed by atoms with Gasteiger partial charge in [-0.3, -0.25) is 4.79 Å². The van der Waals surface area contributed by atoms with Gasteiger partial charge in [0, 0.05) is 17.0 Å². The Morgan fingerprint density at radius 3 is 2.19 bits per heavy atom. The van der Waals surface area contributed by atoms with Crippen LogP contribution < -0.4 is 5.43 Å². The lowest BCUT2D eigenvalue weighted by Crippen LogP contribution is -2.02. The molecule has 1 aromatic heterocycles. The molecule has 0 aliphatic rings. The minimum absolute atomic E-state index is 0.0770. The van der Waals surface area contributed by atoms with Crippen LogP contribution in [0, 0.1) is 0 Å². The van der Waals surface area contributed by atoms with Crippen LogP contribution in [0.25, 0.3) is 43.2 Å². The molecule has 0 atom stereocenters. The standard InChI is InChI=1S/C19H11NO/c21-15-8-7-11-3-1-5-13-14-6-2-4-12-9-10-20-19(17(12)14)18(15)16(11)13/h1-10,20H. The first kappa shape index (κ1) is 10.9. The van der Waals surface area contributed by atoms with Gasteiger partial charge in [0.15, 0.2) is 5.43 Å². The zero-order chi connectivity index (χ0) is 14.0. The van der Waals surface area contributed by atoms with Crippen molar-refractivity contribution >= 4 is 43.2 Å². The Hall–Kier alpha value is -2.87. The van der Waals surface area contributed by atoms with Crippen LogP contribution in [0.1, 0.15) is 0 Å². The first-order valence-electron chi connectivity index (χ1n) is 7.01. The smallest absolute Gasteiger partial charge is 0.188 e. The van der Waals surface area contributed by atoms with E-state index in [2.05, 4.69) is 47.4 Å². The van der Waals surface area contributed by atoms with E-state index in [0.29, 0.717) is 0 Å². The molecule has 1 heterocycles. The van der Waals surface area contributed by atoms with Crippen LogP contribution in [0.15, 0.2) is 65.6 Å². The van der Waals surface area contributed by atoms with Gasteiger partial charge in [0.05, 0.1) is 10.9 Å². The summed E-state index contributed by atoms with van der Waals surface area (Å²) in [7, 11) is 0. The number of hydrogen-bond acceptors (Lipinski definition) is 1. The van der Waals surface area contributed by atoms with Crippen molar-refractivity contribution in [3.63, 3.8) is 0 Å². The molecular weight excluding hydrogens is 258 g/mol. The number of fused-ring (bicyclic) bond motifs is 2. The minimum atomic E-state index is 0.0770. The predicted octanol–water partition coefficient (Wildman–Crippen LogP) is 4.43. The fraction of sp³-hybridized carbons (Fsp3) is 0. The third-order valence-electron chi connectivity index (χ3n) is 4.38. The molecule has 0 fully saturated rings. The van der Waals surface area contributed by atoms with Crippen molar-refractivity contribution in [3.8, 4) is 0 Å². The number of nitrogens with one attached hydrogen (secondary N) is 1. The Bertz CT molecular complexity index is 1200. The summed E-state index contributed by atoms with van der Waals surface area (Å²) in [5.74, 6) is 0. The van der Waals surface area contributed by atoms with Crippen molar-refractivity contribution in [2.45, 2.75) is 0 Å². The Morgan fingerprint density at radius 2 is 1.38 bits per heavy atom. The average Bonchev–Trinajstić information content (AvgIpc) is 2.53. The molecule has 4 aromatic carbocycles. The van der Waals surface area contributed by atoms with Gasteiger partial charge in [0.25, 0.3) is 0 Å². The van der Waals surface area contributed by atoms with Crippen LogP contribution in [0.4, 0.5) is 0 Å². The summed E-state index contributed by atoms with van der Waals surface area (Å²) < 4.78 is 0. The zero-order valence-corrected chi connectivity index (χ0v) is 11.2. The summed E-state index contributed by atoms with van der Waals surface area (Å²) >= 11 is 0. The number of rotatable bonds is 0. The summed E-state index contributed by atoms with van der Waals surface area (Å²) in [6.45, 7) is 0. The van der Waals surface area contributed by atoms with E-state index in [1.54, 1.807) is 6.07 Å². The second-order valence-corrected chi connectivity index (χ2v) is 5.46. The summed E-state index contributed by atoms with van der Waals surface area (Å²) in [5, 5.41) is 7.62. The van der Waals surface area contributed by atoms with Gasteiger partial charge in [-0.15, -0.1) is 0 Å². The summed E-state index contributed by atoms with van der Waals surface area (Å²) in [6, 6.07) is 18.2. The van der Waals surface area contributed by atoms with Crippen LogP contribution in [0.3, 0.4) is 0 Å². The molecule has 0 amide bonds. The second-order valence-electron chi connectivity index (χ2n) is 5.46. The lowest BCUT2D eigenvalue weighted by molar-refractivity contribution is 1.44. The van der Waals surface area contributed by atoms with Crippen LogP contribution in [-0.4, -0.2) is 4.98 Å². The molecule has 2 heteroatoms. The molecule has 5 rings (SSSR count). The fourth-order valence-corrected chi connectivity index (χ4v) is 3.53. The molecule has 0 radical (unpaired) electrons. The van der Waals surface area contributed by atoms with Crippen molar-refractivity contribution in [3.05, 3.63) is 71.0 Å². The van der Waals surface area contributed by atoms with Crippen LogP contribution >= 0.6 is 0 Å². The quantitative estimate of drug-likeness (QED) is 0.327. The molecule has 98 valence electrons. The van der Waals surface area contributed by atoms with Crippen molar-refractivity contribution in [2.75, 3.05) is 0 Å². The molecule has 2 nitrogen and oxygen atoms in total. The number of hydrogen-bond donors (Lipinski definition) is 1. The van der Waals surface area contributed by atoms with Crippen molar-refractivity contribution in [1.29, 1.82) is 0 Å². The van der Waals surface area contributed by atoms with Gasteiger partial charge >= 0.3 is 0 Å². The monoisotopic (exact) mass is 269 g/mol. The third kappa shape index (κ3) is 1.24. The highest BCUT2D eigenvalue weighted by molar-refractivity contribution is 6.31. The van der Waals surface area contributed by atoms with Gasteiger partial charge < -0.3 is 4.98 Å². The van der Waals surface area contributed by atoms with E-state index < -0.39 is 0 Å². The molecule has 0 aliphatic carbocycles. The summed E-state index contributed by atoms with van der Waals surface area (Å²) in [6.07, 6.45) is 1.91. The molecule has 0 spiro atoms. The number of benzene rings is 4. The normalized spacial score (nSPS) is 12.0. The van der Waals surface area contributed by atoms with E-state index in [4.69, 9.17) is 0 Å². The molecule has 0 unspecified atom stereocenters. The van der Waals surface area contributed by atoms with Gasteiger partial charge in [-0.1, -0.05) is 42.5 Å². The van der Waals surface area contributed by atoms with Gasteiger partial charge in [-0.2, -0.15) is 0 Å². The van der Waals surface area contributed by atoms with E-state index in [0.717, 1.165) is 37.8 Å². The first-order chi connectivity index (χ1) is 10.3. The zero-order valence-electron chi connectivity index (χ0n) is 11.2. The lowest BCUT2D eigenvalue weighted by atomic mass is 9.92. The maximum absolute atomic E-state index is 12.5. The van der Waals surface area contributed by atoms with Crippen LogP contribution in [0.2, 0.25) is 0 Å². The van der Waals surface area contributed by atoms with E-state index in [1.165, 1.54) is 5.39 Å². The van der Waals surface area contributed by atoms with Gasteiger partial charge in [-0.05, 0) is 33.7 Å². The molecule has 0 bridgehead atoms. The van der Waals surface area contributed by atoms with Gasteiger partial charge in [0.1, 0.15) is 0 Å². The third-order valence-corrected chi connectivity index (χ3v) is 4.38. The average molecular weight is 269 g/mol. The molecule has 21 heavy (non-hydrogen) atoms. The Morgan fingerprint density at radius 1 is 0.667 bits per heavy atom. The maximum atomic E-state index is 12.5. The SMILES string of the molecule is O=c1ccc2cccc3c4cccc5cc[nH]c(c1c23)c54. The van der Waals surface area contributed by atoms with Gasteiger partial charge in [-0.25, -0.2) is 0 Å².